The highest BCUT2D eigenvalue weighted by atomic mass is 32.1. The molecule has 6 nitrogen and oxygen atoms in total. The van der Waals surface area contributed by atoms with E-state index >= 15 is 0 Å². The summed E-state index contributed by atoms with van der Waals surface area (Å²) in [6.07, 6.45) is 3.51. The van der Waals surface area contributed by atoms with Crippen molar-refractivity contribution in [3.63, 3.8) is 0 Å². The standard InChI is InChI=1S/C12H15NO5S2/c14-6-8-5-13(12(19)20,10(15)7-18-8)11(16)9-3-1-2-4-17-9/h2-4,8,10,14-15H,1,5-7H2. The van der Waals surface area contributed by atoms with Crippen LogP contribution in [0.3, 0.4) is 0 Å². The van der Waals surface area contributed by atoms with Crippen LogP contribution in [0, 0.1) is 0 Å². The van der Waals surface area contributed by atoms with Gasteiger partial charge < -0.3 is 44.5 Å². The maximum absolute atomic E-state index is 12.7. The smallest absolute Gasteiger partial charge is 0.387 e. The summed E-state index contributed by atoms with van der Waals surface area (Å²) in [7, 11) is 0. The molecule has 0 aromatic rings. The topological polar surface area (TPSA) is 76.0 Å². The third-order valence-electron chi connectivity index (χ3n) is 3.31. The Kier molecular flexibility index (Phi) is 4.84. The van der Waals surface area contributed by atoms with Crippen molar-refractivity contribution in [3.8, 4) is 0 Å². The Morgan fingerprint density at radius 2 is 2.35 bits per heavy atom. The first-order valence-corrected chi connectivity index (χ1v) is 6.90. The molecule has 1 amide bonds. The summed E-state index contributed by atoms with van der Waals surface area (Å²) in [5, 5.41) is 19.4. The number of aliphatic hydroxyl groups is 2. The maximum Gasteiger partial charge on any atom is 0.387 e. The number of allylic oxidation sites excluding steroid dienone is 2. The lowest BCUT2D eigenvalue weighted by Crippen LogP contribution is -2.69. The molecular formula is C12H15NO5S2. The summed E-state index contributed by atoms with van der Waals surface area (Å²) in [4.78, 5) is 12.7. The molecule has 2 heterocycles. The molecule has 0 radical (unpaired) electrons. The number of morpholine rings is 1. The van der Waals surface area contributed by atoms with Crippen LogP contribution in [0.1, 0.15) is 6.42 Å². The van der Waals surface area contributed by atoms with E-state index in [1.54, 1.807) is 12.2 Å². The largest absolute Gasteiger partial charge is 0.456 e. The first-order chi connectivity index (χ1) is 9.52. The Hall–Kier alpha value is -0.900. The van der Waals surface area contributed by atoms with Gasteiger partial charge in [-0.2, -0.15) is 0 Å². The van der Waals surface area contributed by atoms with Crippen molar-refractivity contribution >= 4 is 35.1 Å². The van der Waals surface area contributed by atoms with Crippen molar-refractivity contribution in [2.45, 2.75) is 18.8 Å². The van der Waals surface area contributed by atoms with Gasteiger partial charge in [-0.25, -0.2) is 9.28 Å². The third kappa shape index (κ3) is 2.62. The van der Waals surface area contributed by atoms with Crippen LogP contribution >= 0.6 is 12.2 Å². The van der Waals surface area contributed by atoms with Gasteiger partial charge in [-0.3, -0.25) is 0 Å². The predicted octanol–water partition coefficient (Wildman–Crippen LogP) is -0.311. The lowest BCUT2D eigenvalue weighted by Gasteiger charge is -2.46. The van der Waals surface area contributed by atoms with Gasteiger partial charge in [0.15, 0.2) is 0 Å². The quantitative estimate of drug-likeness (QED) is 0.411. The van der Waals surface area contributed by atoms with Crippen LogP contribution in [0.25, 0.3) is 0 Å². The molecule has 0 saturated carbocycles. The van der Waals surface area contributed by atoms with Gasteiger partial charge in [0.1, 0.15) is 19.3 Å². The summed E-state index contributed by atoms with van der Waals surface area (Å²) < 4.78 is 9.69. The number of hydrogen-bond donors (Lipinski definition) is 2. The van der Waals surface area contributed by atoms with E-state index in [1.807, 2.05) is 0 Å². The van der Waals surface area contributed by atoms with Gasteiger partial charge >= 0.3 is 5.91 Å². The fraction of sp³-hybridized carbons (Fsp3) is 0.500. The molecule has 110 valence electrons. The highest BCUT2D eigenvalue weighted by Crippen LogP contribution is 2.27. The average Bonchev–Trinajstić information content (AvgIpc) is 2.48. The summed E-state index contributed by atoms with van der Waals surface area (Å²) >= 11 is 10.0. The molecule has 1 saturated heterocycles. The van der Waals surface area contributed by atoms with E-state index < -0.39 is 22.7 Å². The van der Waals surface area contributed by atoms with E-state index in [-0.39, 0.29) is 29.8 Å². The Morgan fingerprint density at radius 3 is 2.90 bits per heavy atom. The Balaban J connectivity index is 2.35. The second kappa shape index (κ2) is 6.25. The number of aliphatic hydroxyl groups excluding tert-OH is 2. The number of carbonyl (C=O) groups excluding carboxylic acids is 1. The zero-order valence-electron chi connectivity index (χ0n) is 10.6. The van der Waals surface area contributed by atoms with E-state index in [0.29, 0.717) is 6.42 Å². The van der Waals surface area contributed by atoms with E-state index in [1.165, 1.54) is 6.26 Å². The fourth-order valence-electron chi connectivity index (χ4n) is 2.19. The summed E-state index contributed by atoms with van der Waals surface area (Å²) in [6.45, 7) is -0.419. The van der Waals surface area contributed by atoms with Crippen LogP contribution in [-0.4, -0.2) is 57.0 Å². The first-order valence-electron chi connectivity index (χ1n) is 6.09. The number of quaternary nitrogens is 1. The van der Waals surface area contributed by atoms with Gasteiger partial charge in [-0.05, 0) is 18.6 Å². The van der Waals surface area contributed by atoms with E-state index in [0.717, 1.165) is 0 Å². The summed E-state index contributed by atoms with van der Waals surface area (Å²) in [6, 6.07) is 0. The zero-order valence-corrected chi connectivity index (χ0v) is 12.2. The fourth-order valence-corrected chi connectivity index (χ4v) is 2.75. The number of amides is 1. The van der Waals surface area contributed by atoms with Gasteiger partial charge in [-0.15, -0.1) is 0 Å². The molecule has 2 aliphatic rings. The number of carbonyl (C=O) groups is 1. The van der Waals surface area contributed by atoms with E-state index in [2.05, 4.69) is 0 Å². The molecule has 0 bridgehead atoms. The van der Waals surface area contributed by atoms with Crippen molar-refractivity contribution in [2.75, 3.05) is 19.8 Å². The van der Waals surface area contributed by atoms with Gasteiger partial charge in [0.05, 0.1) is 12.9 Å². The lowest BCUT2D eigenvalue weighted by atomic mass is 10.2. The van der Waals surface area contributed by atoms with Crippen LogP contribution in [0.2, 0.25) is 0 Å². The molecule has 1 fully saturated rings. The van der Waals surface area contributed by atoms with Crippen LogP contribution in [0.4, 0.5) is 0 Å². The Labute approximate surface area is 127 Å². The van der Waals surface area contributed by atoms with Gasteiger partial charge in [0.2, 0.25) is 12.0 Å². The number of ether oxygens (including phenoxy) is 2. The molecule has 2 aliphatic heterocycles. The van der Waals surface area contributed by atoms with Gasteiger partial charge in [0, 0.05) is 4.32 Å². The number of hydrogen-bond acceptors (Lipinski definition) is 7. The number of rotatable bonds is 2. The zero-order chi connectivity index (χ0) is 14.8. The molecule has 2 N–H and O–H groups in total. The van der Waals surface area contributed by atoms with Crippen LogP contribution in [-0.2, 0) is 26.9 Å². The minimum atomic E-state index is -1.20. The van der Waals surface area contributed by atoms with Gasteiger partial charge in [-0.1, -0.05) is 0 Å². The highest BCUT2D eigenvalue weighted by molar-refractivity contribution is 7.99. The molecular weight excluding hydrogens is 302 g/mol. The molecule has 0 aromatic carbocycles. The predicted molar refractivity (Wildman–Crippen MR) is 75.9 cm³/mol. The minimum Gasteiger partial charge on any atom is -0.456 e. The highest BCUT2D eigenvalue weighted by Gasteiger charge is 2.50. The Bertz CT molecular complexity index is 478. The molecule has 3 unspecified atom stereocenters. The van der Waals surface area contributed by atoms with Crippen molar-refractivity contribution in [1.29, 1.82) is 0 Å². The molecule has 0 spiro atoms. The Morgan fingerprint density at radius 1 is 1.60 bits per heavy atom. The number of thiocarbonyl (C=S) groups is 1. The van der Waals surface area contributed by atoms with Crippen molar-refractivity contribution < 1.29 is 29.0 Å². The molecule has 0 aromatic heterocycles. The second-order valence-corrected chi connectivity index (χ2v) is 5.57. The van der Waals surface area contributed by atoms with Crippen molar-refractivity contribution in [3.05, 3.63) is 24.2 Å². The summed E-state index contributed by atoms with van der Waals surface area (Å²) in [5.74, 6) is -0.416. The van der Waals surface area contributed by atoms with E-state index in [4.69, 9.17) is 34.3 Å². The first kappa shape index (κ1) is 15.5. The summed E-state index contributed by atoms with van der Waals surface area (Å²) in [5.41, 5.74) is 0. The van der Waals surface area contributed by atoms with Gasteiger partial charge in [0.25, 0.3) is 0 Å². The van der Waals surface area contributed by atoms with Crippen LogP contribution in [0.5, 0.6) is 0 Å². The minimum absolute atomic E-state index is 0.0107. The second-order valence-electron chi connectivity index (χ2n) is 4.53. The van der Waals surface area contributed by atoms with E-state index in [9.17, 15) is 15.0 Å². The molecule has 20 heavy (non-hydrogen) atoms. The molecule has 3 atom stereocenters. The lowest BCUT2D eigenvalue weighted by molar-refractivity contribution is -0.828. The molecule has 8 heteroatoms. The van der Waals surface area contributed by atoms with Crippen molar-refractivity contribution in [1.82, 2.24) is 0 Å². The molecule has 2 rings (SSSR count). The number of nitrogens with zero attached hydrogens (tertiary/aromatic N) is 1. The van der Waals surface area contributed by atoms with Crippen molar-refractivity contribution in [2.24, 2.45) is 0 Å². The molecule has 0 aliphatic carbocycles. The normalized spacial score (nSPS) is 33.2. The average molecular weight is 317 g/mol. The maximum atomic E-state index is 12.7. The monoisotopic (exact) mass is 317 g/mol. The van der Waals surface area contributed by atoms with Crippen LogP contribution < -0.4 is 0 Å². The SMILES string of the molecule is O=C(C1=CCC=CO1)[N+]1(C(=S)[S-])CC(CO)OCC1O. The van der Waals surface area contributed by atoms with Crippen LogP contribution in [0.15, 0.2) is 24.2 Å². The third-order valence-corrected chi connectivity index (χ3v) is 3.97.